The first-order valence-electron chi connectivity index (χ1n) is 11.2. The van der Waals surface area contributed by atoms with E-state index in [9.17, 15) is 9.59 Å². The second-order valence-electron chi connectivity index (χ2n) is 8.91. The van der Waals surface area contributed by atoms with E-state index >= 15 is 0 Å². The fourth-order valence-corrected chi connectivity index (χ4v) is 5.77. The van der Waals surface area contributed by atoms with Crippen LogP contribution in [0.1, 0.15) is 63.4 Å². The minimum atomic E-state index is -0.915. The molecule has 6 nitrogen and oxygen atoms in total. The number of nitrogens with zero attached hydrogens (tertiary/aromatic N) is 2. The van der Waals surface area contributed by atoms with Gasteiger partial charge in [0.15, 0.2) is 0 Å². The summed E-state index contributed by atoms with van der Waals surface area (Å²) in [7, 11) is 0. The number of thiophene rings is 1. The summed E-state index contributed by atoms with van der Waals surface area (Å²) in [6.45, 7) is 8.36. The van der Waals surface area contributed by atoms with Crippen molar-refractivity contribution in [3.8, 4) is 0 Å². The summed E-state index contributed by atoms with van der Waals surface area (Å²) in [4.78, 5) is 28.9. The van der Waals surface area contributed by atoms with Crippen LogP contribution in [-0.4, -0.2) is 52.6 Å². The molecule has 0 saturated heterocycles. The van der Waals surface area contributed by atoms with Crippen LogP contribution in [0, 0.1) is 5.92 Å². The van der Waals surface area contributed by atoms with Gasteiger partial charge in [0.1, 0.15) is 11.2 Å². The van der Waals surface area contributed by atoms with Gasteiger partial charge in [0.2, 0.25) is 5.91 Å². The van der Waals surface area contributed by atoms with Crippen LogP contribution in [-0.2, 0) is 16.1 Å². The Labute approximate surface area is 182 Å². The second kappa shape index (κ2) is 8.71. The molecule has 4 rings (SSSR count). The number of carbonyl (C=O) groups is 2. The van der Waals surface area contributed by atoms with Gasteiger partial charge in [-0.15, -0.1) is 11.3 Å². The first kappa shape index (κ1) is 21.4. The first-order chi connectivity index (χ1) is 14.5. The molecular weight excluding hydrogens is 398 g/mol. The van der Waals surface area contributed by atoms with E-state index in [1.165, 1.54) is 6.42 Å². The van der Waals surface area contributed by atoms with Gasteiger partial charge in [0, 0.05) is 25.8 Å². The lowest BCUT2D eigenvalue weighted by atomic mass is 9.85. The lowest BCUT2D eigenvalue weighted by molar-refractivity contribution is -0.134. The monoisotopic (exact) mass is 431 g/mol. The van der Waals surface area contributed by atoms with E-state index in [1.807, 2.05) is 35.9 Å². The predicted octanol–water partition coefficient (Wildman–Crippen LogP) is 4.04. The predicted molar refractivity (Wildman–Crippen MR) is 120 cm³/mol. The topological polar surface area (TPSA) is 63.6 Å². The van der Waals surface area contributed by atoms with E-state index in [0.29, 0.717) is 37.9 Å². The highest BCUT2D eigenvalue weighted by Crippen LogP contribution is 2.35. The minimum Gasteiger partial charge on any atom is -0.382 e. The van der Waals surface area contributed by atoms with Crippen molar-refractivity contribution in [1.82, 2.24) is 14.8 Å². The molecule has 1 fully saturated rings. The largest absolute Gasteiger partial charge is 0.382 e. The van der Waals surface area contributed by atoms with Crippen molar-refractivity contribution in [3.05, 3.63) is 23.2 Å². The number of ether oxygens (including phenoxy) is 1. The Hall–Kier alpha value is -1.86. The van der Waals surface area contributed by atoms with Gasteiger partial charge in [-0.05, 0) is 56.5 Å². The number of rotatable bonds is 7. The average molecular weight is 432 g/mol. The third-order valence-corrected chi connectivity index (χ3v) is 7.69. The molecule has 1 aliphatic heterocycles. The summed E-state index contributed by atoms with van der Waals surface area (Å²) in [6, 6.07) is 4.21. The van der Waals surface area contributed by atoms with Gasteiger partial charge in [-0.3, -0.25) is 9.59 Å². The number of fused-ring (bicyclic) bond motifs is 3. The van der Waals surface area contributed by atoms with Crippen LogP contribution < -0.4 is 5.32 Å². The van der Waals surface area contributed by atoms with E-state index in [0.717, 1.165) is 35.9 Å². The fourth-order valence-electron chi connectivity index (χ4n) is 4.95. The third-order valence-electron chi connectivity index (χ3n) is 6.84. The molecule has 0 radical (unpaired) electrons. The highest BCUT2D eigenvalue weighted by atomic mass is 32.1. The molecule has 2 aromatic rings. The Bertz CT molecular complexity index is 920. The summed E-state index contributed by atoms with van der Waals surface area (Å²) < 4.78 is 8.62. The Balaban J connectivity index is 1.63. The first-order valence-corrected chi connectivity index (χ1v) is 12.1. The normalized spacial score (nSPS) is 26.8. The number of hydrogen-bond acceptors (Lipinski definition) is 4. The summed E-state index contributed by atoms with van der Waals surface area (Å²) in [5.74, 6) is 0.381. The zero-order valence-electron chi connectivity index (χ0n) is 18.3. The molecule has 2 amide bonds. The molecular formula is C23H33N3O3S. The molecule has 2 aliphatic rings. The smallest absolute Gasteiger partial charge is 0.271 e. The molecule has 0 bridgehead atoms. The molecule has 7 heteroatoms. The average Bonchev–Trinajstić information content (AvgIpc) is 3.31. The fraction of sp³-hybridized carbons (Fsp3) is 0.652. The van der Waals surface area contributed by atoms with E-state index < -0.39 is 5.54 Å². The highest BCUT2D eigenvalue weighted by molar-refractivity contribution is 7.17. The van der Waals surface area contributed by atoms with E-state index in [-0.39, 0.29) is 17.9 Å². The molecule has 3 heterocycles. The second-order valence-corrected chi connectivity index (χ2v) is 9.86. The number of carbonyl (C=O) groups excluding carboxylic acids is 2. The van der Waals surface area contributed by atoms with Crippen LogP contribution in [0.3, 0.4) is 0 Å². The van der Waals surface area contributed by atoms with Crippen LogP contribution in [0.25, 0.3) is 10.2 Å². The molecule has 2 aromatic heterocycles. The van der Waals surface area contributed by atoms with E-state index in [2.05, 4.69) is 12.2 Å². The molecule has 3 atom stereocenters. The van der Waals surface area contributed by atoms with Gasteiger partial charge in [0.25, 0.3) is 5.91 Å². The maximum atomic E-state index is 13.6. The number of hydrogen-bond donors (Lipinski definition) is 1. The molecule has 1 saturated carbocycles. The Kier molecular flexibility index (Phi) is 6.21. The van der Waals surface area contributed by atoms with Gasteiger partial charge in [0.05, 0.1) is 16.8 Å². The molecule has 1 aliphatic carbocycles. The molecule has 0 spiro atoms. The number of amides is 2. The Morgan fingerprint density at radius 1 is 1.37 bits per heavy atom. The highest BCUT2D eigenvalue weighted by Gasteiger charge is 2.48. The molecule has 0 unspecified atom stereocenters. The van der Waals surface area contributed by atoms with Gasteiger partial charge in [-0.25, -0.2) is 0 Å². The zero-order chi connectivity index (χ0) is 21.3. The van der Waals surface area contributed by atoms with Crippen molar-refractivity contribution in [3.63, 3.8) is 0 Å². The van der Waals surface area contributed by atoms with Crippen LogP contribution in [0.4, 0.5) is 0 Å². The Morgan fingerprint density at radius 3 is 2.93 bits per heavy atom. The van der Waals surface area contributed by atoms with Crippen molar-refractivity contribution >= 4 is 33.4 Å². The van der Waals surface area contributed by atoms with Crippen molar-refractivity contribution < 1.29 is 14.3 Å². The molecule has 30 heavy (non-hydrogen) atoms. The maximum absolute atomic E-state index is 13.6. The molecule has 164 valence electrons. The number of aromatic nitrogens is 1. The third kappa shape index (κ3) is 3.78. The summed E-state index contributed by atoms with van der Waals surface area (Å²) in [5.41, 5.74) is 0.813. The van der Waals surface area contributed by atoms with Crippen molar-refractivity contribution in [2.45, 2.75) is 71.0 Å². The van der Waals surface area contributed by atoms with Crippen LogP contribution in [0.2, 0.25) is 0 Å². The van der Waals surface area contributed by atoms with E-state index in [4.69, 9.17) is 4.74 Å². The lowest BCUT2D eigenvalue weighted by Gasteiger charge is -2.45. The van der Waals surface area contributed by atoms with Crippen molar-refractivity contribution in [2.24, 2.45) is 5.92 Å². The van der Waals surface area contributed by atoms with Gasteiger partial charge >= 0.3 is 0 Å². The van der Waals surface area contributed by atoms with Gasteiger partial charge in [-0.1, -0.05) is 19.8 Å². The quantitative estimate of drug-likeness (QED) is 0.673. The van der Waals surface area contributed by atoms with Crippen LogP contribution in [0.5, 0.6) is 0 Å². The van der Waals surface area contributed by atoms with Gasteiger partial charge < -0.3 is 19.5 Å². The van der Waals surface area contributed by atoms with Crippen molar-refractivity contribution in [2.75, 3.05) is 19.8 Å². The standard InChI is InChI=1S/C23H33N3O3S/c1-4-29-12-7-11-26-21(27)19-14-20-18(10-13-30-20)25(19)15-23(26,3)22(28)24-17-9-6-5-8-16(17)2/h10,13-14,16-17H,4-9,11-12,15H2,1-3H3,(H,24,28)/t16-,17+,23-/m1/s1. The minimum absolute atomic E-state index is 0.0336. The SMILES string of the molecule is CCOCCCN1C(=O)c2cc3sccc3n2C[C@]1(C)C(=O)N[C@H]1CCCC[C@H]1C. The van der Waals surface area contributed by atoms with Crippen LogP contribution in [0.15, 0.2) is 17.5 Å². The van der Waals surface area contributed by atoms with E-state index in [1.54, 1.807) is 16.2 Å². The lowest BCUT2D eigenvalue weighted by Crippen LogP contribution is -2.65. The summed E-state index contributed by atoms with van der Waals surface area (Å²) in [5, 5.41) is 5.36. The summed E-state index contributed by atoms with van der Waals surface area (Å²) >= 11 is 1.63. The summed E-state index contributed by atoms with van der Waals surface area (Å²) in [6.07, 6.45) is 5.27. The van der Waals surface area contributed by atoms with Gasteiger partial charge in [-0.2, -0.15) is 0 Å². The zero-order valence-corrected chi connectivity index (χ0v) is 19.1. The Morgan fingerprint density at radius 2 is 2.17 bits per heavy atom. The molecule has 0 aromatic carbocycles. The maximum Gasteiger partial charge on any atom is 0.271 e. The number of nitrogens with one attached hydrogen (secondary N) is 1. The van der Waals surface area contributed by atoms with Crippen LogP contribution >= 0.6 is 11.3 Å². The van der Waals surface area contributed by atoms with Crippen molar-refractivity contribution in [1.29, 1.82) is 0 Å². The molecule has 1 N–H and O–H groups in total.